The average Bonchev–Trinajstić information content (AvgIpc) is 3.13. The molecule has 0 aliphatic rings. The van der Waals surface area contributed by atoms with Crippen LogP contribution in [0.1, 0.15) is 11.1 Å². The second kappa shape index (κ2) is 7.94. The Bertz CT molecular complexity index is 1150. The number of pyridine rings is 1. The highest BCUT2D eigenvalue weighted by atomic mass is 32.2. The number of hydrogen-bond acceptors (Lipinski definition) is 5. The van der Waals surface area contributed by atoms with E-state index in [9.17, 15) is 13.2 Å². The van der Waals surface area contributed by atoms with Gasteiger partial charge in [-0.05, 0) is 42.3 Å². The van der Waals surface area contributed by atoms with Gasteiger partial charge in [0.25, 0.3) is 10.0 Å². The summed E-state index contributed by atoms with van der Waals surface area (Å²) in [7, 11) is -3.92. The number of carboxylic acid groups (broad SMARTS) is 1. The Balaban J connectivity index is 2.10. The molecule has 2 N–H and O–H groups in total. The van der Waals surface area contributed by atoms with E-state index >= 15 is 0 Å². The van der Waals surface area contributed by atoms with Crippen molar-refractivity contribution in [2.45, 2.75) is 11.3 Å². The summed E-state index contributed by atoms with van der Waals surface area (Å²) in [6.07, 6.45) is 3.36. The summed E-state index contributed by atoms with van der Waals surface area (Å²) < 4.78 is 27.4. The third-order valence-electron chi connectivity index (χ3n) is 4.01. The fourth-order valence-corrected chi connectivity index (χ4v) is 4.08. The number of hydrogen-bond donors (Lipinski definition) is 2. The van der Waals surface area contributed by atoms with Crippen molar-refractivity contribution in [1.82, 2.24) is 14.3 Å². The Kier molecular flexibility index (Phi) is 5.42. The van der Waals surface area contributed by atoms with Crippen molar-refractivity contribution < 1.29 is 18.3 Å². The highest BCUT2D eigenvalue weighted by molar-refractivity contribution is 7.90. The monoisotopic (exact) mass is 396 g/mol. The van der Waals surface area contributed by atoms with Gasteiger partial charge in [0, 0.05) is 30.7 Å². The van der Waals surface area contributed by atoms with E-state index in [1.54, 1.807) is 30.3 Å². The minimum atomic E-state index is -3.92. The molecule has 3 aromatic rings. The molecule has 2 heterocycles. The minimum absolute atomic E-state index is 0.0264. The van der Waals surface area contributed by atoms with E-state index in [1.165, 1.54) is 30.7 Å². The molecule has 2 aromatic heterocycles. The van der Waals surface area contributed by atoms with E-state index in [1.807, 2.05) is 6.07 Å². The van der Waals surface area contributed by atoms with Gasteiger partial charge >= 0.3 is 6.09 Å². The van der Waals surface area contributed by atoms with Crippen LogP contribution >= 0.6 is 0 Å². The Hall–Kier alpha value is -3.64. The maximum Gasteiger partial charge on any atom is 0.404 e. The lowest BCUT2D eigenvalue weighted by Crippen LogP contribution is -2.23. The predicted octanol–water partition coefficient (Wildman–Crippen LogP) is 2.47. The molecule has 3 rings (SSSR count). The van der Waals surface area contributed by atoms with E-state index in [-0.39, 0.29) is 11.4 Å². The Labute approximate surface area is 161 Å². The van der Waals surface area contributed by atoms with Crippen LogP contribution in [0.15, 0.2) is 66.0 Å². The average molecular weight is 396 g/mol. The predicted molar refractivity (Wildman–Crippen MR) is 101 cm³/mol. The highest BCUT2D eigenvalue weighted by Gasteiger charge is 2.22. The second-order valence-corrected chi connectivity index (χ2v) is 7.71. The SMILES string of the molecule is N#Cc1cccc(-c2cc(CCNC(=O)O)cn2S(=O)(=O)c2cccnc2)c1. The van der Waals surface area contributed by atoms with Crippen LogP contribution < -0.4 is 5.32 Å². The molecule has 1 amide bonds. The molecule has 0 unspecified atom stereocenters. The van der Waals surface area contributed by atoms with Gasteiger partial charge in [0.2, 0.25) is 0 Å². The molecule has 0 fully saturated rings. The van der Waals surface area contributed by atoms with Crippen LogP contribution in [-0.4, -0.2) is 35.1 Å². The van der Waals surface area contributed by atoms with Gasteiger partial charge in [-0.25, -0.2) is 17.2 Å². The fourth-order valence-electron chi connectivity index (χ4n) is 2.72. The Morgan fingerprint density at radius 2 is 2.07 bits per heavy atom. The van der Waals surface area contributed by atoms with Crippen LogP contribution in [0.5, 0.6) is 0 Å². The molecule has 0 aliphatic carbocycles. The Morgan fingerprint density at radius 3 is 2.75 bits per heavy atom. The van der Waals surface area contributed by atoms with Crippen LogP contribution in [0.25, 0.3) is 11.3 Å². The van der Waals surface area contributed by atoms with Gasteiger partial charge in [-0.1, -0.05) is 12.1 Å². The molecule has 0 radical (unpaired) electrons. The van der Waals surface area contributed by atoms with Gasteiger partial charge in [-0.3, -0.25) is 4.98 Å². The minimum Gasteiger partial charge on any atom is -0.465 e. The van der Waals surface area contributed by atoms with E-state index in [0.717, 1.165) is 3.97 Å². The third-order valence-corrected chi connectivity index (χ3v) is 5.67. The molecular weight excluding hydrogens is 380 g/mol. The number of nitrogens with one attached hydrogen (secondary N) is 1. The molecule has 0 saturated heterocycles. The lowest BCUT2D eigenvalue weighted by molar-refractivity contribution is 0.194. The first-order valence-corrected chi connectivity index (χ1v) is 9.70. The van der Waals surface area contributed by atoms with E-state index in [0.29, 0.717) is 28.8 Å². The van der Waals surface area contributed by atoms with Crippen molar-refractivity contribution in [1.29, 1.82) is 5.26 Å². The molecule has 8 nitrogen and oxygen atoms in total. The lowest BCUT2D eigenvalue weighted by atomic mass is 10.1. The molecule has 9 heteroatoms. The number of amides is 1. The van der Waals surface area contributed by atoms with Gasteiger partial charge in [-0.15, -0.1) is 0 Å². The van der Waals surface area contributed by atoms with Gasteiger partial charge in [0.05, 0.1) is 17.3 Å². The van der Waals surface area contributed by atoms with Crippen LogP contribution in [-0.2, 0) is 16.4 Å². The summed E-state index contributed by atoms with van der Waals surface area (Å²) in [4.78, 5) is 14.5. The number of nitrogens with zero attached hydrogens (tertiary/aromatic N) is 3. The first kappa shape index (κ1) is 19.1. The topological polar surface area (TPSA) is 125 Å². The standard InChI is InChI=1S/C19H16N4O4S/c20-11-14-3-1-4-16(9-14)18-10-15(6-8-22-19(24)25)13-23(18)28(26,27)17-5-2-7-21-12-17/h1-5,7,9-10,12-13,22H,6,8H2,(H,24,25). The highest BCUT2D eigenvalue weighted by Crippen LogP contribution is 2.27. The number of aromatic nitrogens is 2. The number of benzene rings is 1. The zero-order valence-electron chi connectivity index (χ0n) is 14.6. The van der Waals surface area contributed by atoms with Gasteiger partial charge in [0.15, 0.2) is 0 Å². The molecular formula is C19H16N4O4S. The molecule has 0 saturated carbocycles. The Morgan fingerprint density at radius 1 is 1.25 bits per heavy atom. The fraction of sp³-hybridized carbons (Fsp3) is 0.105. The summed E-state index contributed by atoms with van der Waals surface area (Å²) in [5.41, 5.74) is 1.98. The van der Waals surface area contributed by atoms with Gasteiger partial charge in [-0.2, -0.15) is 5.26 Å². The lowest BCUT2D eigenvalue weighted by Gasteiger charge is -2.10. The molecule has 0 aliphatic heterocycles. The first-order chi connectivity index (χ1) is 13.4. The van der Waals surface area contributed by atoms with Crippen molar-refractivity contribution >= 4 is 16.1 Å². The zero-order valence-corrected chi connectivity index (χ0v) is 15.4. The molecule has 0 spiro atoms. The summed E-state index contributed by atoms with van der Waals surface area (Å²) in [5.74, 6) is 0. The molecule has 142 valence electrons. The first-order valence-electron chi connectivity index (χ1n) is 8.26. The van der Waals surface area contributed by atoms with E-state index in [2.05, 4.69) is 10.3 Å². The zero-order chi connectivity index (χ0) is 20.1. The summed E-state index contributed by atoms with van der Waals surface area (Å²) >= 11 is 0. The van der Waals surface area contributed by atoms with Crippen molar-refractivity contribution in [2.75, 3.05) is 6.54 Å². The van der Waals surface area contributed by atoms with E-state index in [4.69, 9.17) is 10.4 Å². The third kappa shape index (κ3) is 4.02. The quantitative estimate of drug-likeness (QED) is 0.659. The maximum absolute atomic E-state index is 13.1. The number of rotatable bonds is 6. The summed E-state index contributed by atoms with van der Waals surface area (Å²) in [6, 6.07) is 13.3. The number of carbonyl (C=O) groups is 1. The maximum atomic E-state index is 13.1. The van der Waals surface area contributed by atoms with Crippen molar-refractivity contribution in [3.8, 4) is 17.3 Å². The molecule has 0 atom stereocenters. The van der Waals surface area contributed by atoms with Crippen LogP contribution in [0.2, 0.25) is 0 Å². The van der Waals surface area contributed by atoms with Crippen molar-refractivity contribution in [3.63, 3.8) is 0 Å². The smallest absolute Gasteiger partial charge is 0.404 e. The molecule has 28 heavy (non-hydrogen) atoms. The van der Waals surface area contributed by atoms with Gasteiger partial charge in [0.1, 0.15) is 4.90 Å². The van der Waals surface area contributed by atoms with Crippen molar-refractivity contribution in [3.05, 3.63) is 72.2 Å². The summed E-state index contributed by atoms with van der Waals surface area (Å²) in [6.45, 7) is 0.143. The normalized spacial score (nSPS) is 11.0. The van der Waals surface area contributed by atoms with E-state index < -0.39 is 16.1 Å². The number of nitriles is 1. The molecule has 0 bridgehead atoms. The molecule has 1 aromatic carbocycles. The summed E-state index contributed by atoms with van der Waals surface area (Å²) in [5, 5.41) is 20.1. The van der Waals surface area contributed by atoms with Crippen LogP contribution in [0, 0.1) is 11.3 Å². The second-order valence-electron chi connectivity index (χ2n) is 5.90. The van der Waals surface area contributed by atoms with Gasteiger partial charge < -0.3 is 10.4 Å². The van der Waals surface area contributed by atoms with Crippen molar-refractivity contribution in [2.24, 2.45) is 0 Å². The largest absolute Gasteiger partial charge is 0.465 e. The van der Waals surface area contributed by atoms with Crippen LogP contribution in [0.3, 0.4) is 0 Å². The van der Waals surface area contributed by atoms with Crippen LogP contribution in [0.4, 0.5) is 4.79 Å².